The minimum Gasteiger partial charge on any atom is -0.234 e. The number of rotatable bonds is 4. The minimum atomic E-state index is 1.03. The van der Waals surface area contributed by atoms with E-state index in [1.165, 1.54) is 20.9 Å². The van der Waals surface area contributed by atoms with Crippen molar-refractivity contribution in [2.45, 2.75) is 33.7 Å². The molecule has 0 atom stereocenters. The molecule has 0 fully saturated rings. The first kappa shape index (κ1) is 15.2. The van der Waals surface area contributed by atoms with Crippen LogP contribution in [0.4, 0.5) is 0 Å². The van der Waals surface area contributed by atoms with Gasteiger partial charge in [0.05, 0.1) is 0 Å². The molecule has 0 aliphatic heterocycles. The Morgan fingerprint density at radius 2 is 1.00 bits per heavy atom. The van der Waals surface area contributed by atoms with Gasteiger partial charge in [-0.25, -0.2) is 4.98 Å². The van der Waals surface area contributed by atoms with Gasteiger partial charge >= 0.3 is 0 Å². The molecule has 0 saturated heterocycles. The van der Waals surface area contributed by atoms with Crippen molar-refractivity contribution in [2.24, 2.45) is 0 Å². The van der Waals surface area contributed by atoms with Gasteiger partial charge in [-0.2, -0.15) is 0 Å². The zero-order valence-corrected chi connectivity index (χ0v) is 14.2. The standard InChI is InChI=1S/C19H17NS2/c1-14-6-10-16(11-7-14)21-18-4-3-5-19(20-18)22-17-12-8-15(2)9-13-17/h3-13H,1-2H3. The van der Waals surface area contributed by atoms with E-state index in [2.05, 4.69) is 80.6 Å². The van der Waals surface area contributed by atoms with Crippen molar-refractivity contribution in [3.63, 3.8) is 0 Å². The SMILES string of the molecule is Cc1ccc(Sc2cccc(Sc3ccc(C)cc3)n2)cc1. The van der Waals surface area contributed by atoms with Crippen molar-refractivity contribution >= 4 is 23.5 Å². The van der Waals surface area contributed by atoms with E-state index in [9.17, 15) is 0 Å². The second kappa shape index (κ2) is 7.03. The fraction of sp³-hybridized carbons (Fsp3) is 0.105. The van der Waals surface area contributed by atoms with Crippen molar-refractivity contribution in [3.05, 3.63) is 77.9 Å². The van der Waals surface area contributed by atoms with Crippen molar-refractivity contribution < 1.29 is 0 Å². The molecule has 22 heavy (non-hydrogen) atoms. The Bertz CT molecular complexity index is 686. The van der Waals surface area contributed by atoms with Crippen molar-refractivity contribution in [1.82, 2.24) is 4.98 Å². The maximum atomic E-state index is 4.73. The van der Waals surface area contributed by atoms with Gasteiger partial charge in [0.1, 0.15) is 10.1 Å². The van der Waals surface area contributed by atoms with E-state index in [0.29, 0.717) is 0 Å². The largest absolute Gasteiger partial charge is 0.234 e. The first-order chi connectivity index (χ1) is 10.7. The molecule has 0 amide bonds. The summed E-state index contributed by atoms with van der Waals surface area (Å²) in [4.78, 5) is 7.17. The van der Waals surface area contributed by atoms with Gasteiger partial charge in [0.25, 0.3) is 0 Å². The maximum absolute atomic E-state index is 4.73. The van der Waals surface area contributed by atoms with Crippen LogP contribution in [0.3, 0.4) is 0 Å². The number of nitrogens with zero attached hydrogens (tertiary/aromatic N) is 1. The summed E-state index contributed by atoms with van der Waals surface area (Å²) in [6.45, 7) is 4.21. The second-order valence-electron chi connectivity index (χ2n) is 5.14. The number of pyridine rings is 1. The number of hydrogen-bond donors (Lipinski definition) is 0. The molecule has 3 aromatic rings. The van der Waals surface area contributed by atoms with Crippen molar-refractivity contribution in [1.29, 1.82) is 0 Å². The normalized spacial score (nSPS) is 10.6. The summed E-state index contributed by atoms with van der Waals surface area (Å²) in [5, 5.41) is 2.06. The average molecular weight is 323 g/mol. The lowest BCUT2D eigenvalue weighted by Crippen LogP contribution is -1.84. The predicted molar refractivity (Wildman–Crippen MR) is 94.8 cm³/mol. The highest BCUT2D eigenvalue weighted by molar-refractivity contribution is 8.00. The van der Waals surface area contributed by atoms with E-state index < -0.39 is 0 Å². The molecule has 1 heterocycles. The highest BCUT2D eigenvalue weighted by atomic mass is 32.2. The summed E-state index contributed by atoms with van der Waals surface area (Å²) in [5.41, 5.74) is 2.56. The molecule has 1 aromatic heterocycles. The van der Waals surface area contributed by atoms with Crippen LogP contribution in [0.2, 0.25) is 0 Å². The Kier molecular flexibility index (Phi) is 4.86. The number of aromatic nitrogens is 1. The summed E-state index contributed by atoms with van der Waals surface area (Å²) in [7, 11) is 0. The van der Waals surface area contributed by atoms with Crippen LogP contribution >= 0.6 is 23.5 Å². The van der Waals surface area contributed by atoms with Gasteiger partial charge in [-0.1, -0.05) is 65.0 Å². The Labute approximate surface area is 140 Å². The monoisotopic (exact) mass is 323 g/mol. The first-order valence-electron chi connectivity index (χ1n) is 7.15. The van der Waals surface area contributed by atoms with Crippen LogP contribution < -0.4 is 0 Å². The molecule has 0 aliphatic rings. The van der Waals surface area contributed by atoms with Crippen LogP contribution in [0, 0.1) is 13.8 Å². The predicted octanol–water partition coefficient (Wildman–Crippen LogP) is 6.00. The van der Waals surface area contributed by atoms with E-state index >= 15 is 0 Å². The molecule has 3 heteroatoms. The Morgan fingerprint density at radius 3 is 1.41 bits per heavy atom. The van der Waals surface area contributed by atoms with Crippen molar-refractivity contribution in [3.8, 4) is 0 Å². The number of benzene rings is 2. The van der Waals surface area contributed by atoms with Gasteiger partial charge in [0.2, 0.25) is 0 Å². The Balaban J connectivity index is 1.74. The third-order valence-electron chi connectivity index (χ3n) is 3.18. The van der Waals surface area contributed by atoms with Gasteiger partial charge in [-0.3, -0.25) is 0 Å². The summed E-state index contributed by atoms with van der Waals surface area (Å²) in [5.74, 6) is 0. The first-order valence-corrected chi connectivity index (χ1v) is 8.78. The van der Waals surface area contributed by atoms with Crippen LogP contribution in [-0.4, -0.2) is 4.98 Å². The molecular formula is C19H17NS2. The van der Waals surface area contributed by atoms with Gasteiger partial charge in [0, 0.05) is 9.79 Å². The van der Waals surface area contributed by atoms with Gasteiger partial charge in [-0.05, 0) is 50.2 Å². The third kappa shape index (κ3) is 4.15. The zero-order chi connectivity index (χ0) is 15.4. The number of aryl methyl sites for hydroxylation is 2. The molecule has 0 bridgehead atoms. The Hall–Kier alpha value is -1.71. The summed E-state index contributed by atoms with van der Waals surface area (Å²) in [6, 6.07) is 23.3. The molecule has 0 aliphatic carbocycles. The molecule has 0 spiro atoms. The van der Waals surface area contributed by atoms with Crippen LogP contribution in [0.25, 0.3) is 0 Å². The van der Waals surface area contributed by atoms with E-state index in [1.807, 2.05) is 0 Å². The molecule has 2 aromatic carbocycles. The van der Waals surface area contributed by atoms with E-state index in [0.717, 1.165) is 10.1 Å². The van der Waals surface area contributed by atoms with E-state index in [4.69, 9.17) is 4.98 Å². The molecular weight excluding hydrogens is 306 g/mol. The minimum absolute atomic E-state index is 1.03. The molecule has 0 radical (unpaired) electrons. The van der Waals surface area contributed by atoms with E-state index in [1.54, 1.807) is 23.5 Å². The lowest BCUT2D eigenvalue weighted by atomic mass is 10.2. The average Bonchev–Trinajstić information content (AvgIpc) is 2.52. The summed E-state index contributed by atoms with van der Waals surface area (Å²) in [6.07, 6.45) is 0. The van der Waals surface area contributed by atoms with Gasteiger partial charge in [-0.15, -0.1) is 0 Å². The fourth-order valence-corrected chi connectivity index (χ4v) is 3.63. The summed E-state index contributed by atoms with van der Waals surface area (Å²) >= 11 is 3.40. The van der Waals surface area contributed by atoms with E-state index in [-0.39, 0.29) is 0 Å². The van der Waals surface area contributed by atoms with Gasteiger partial charge in [0.15, 0.2) is 0 Å². The molecule has 0 N–H and O–H groups in total. The summed E-state index contributed by atoms with van der Waals surface area (Å²) < 4.78 is 0. The number of hydrogen-bond acceptors (Lipinski definition) is 3. The lowest BCUT2D eigenvalue weighted by Gasteiger charge is -2.05. The zero-order valence-electron chi connectivity index (χ0n) is 12.6. The quantitative estimate of drug-likeness (QED) is 0.584. The third-order valence-corrected chi connectivity index (χ3v) is 5.07. The van der Waals surface area contributed by atoms with Crippen LogP contribution in [0.15, 0.2) is 86.6 Å². The molecule has 1 nitrogen and oxygen atoms in total. The lowest BCUT2D eigenvalue weighted by molar-refractivity contribution is 1.01. The van der Waals surface area contributed by atoms with Crippen LogP contribution in [0.5, 0.6) is 0 Å². The molecule has 110 valence electrons. The Morgan fingerprint density at radius 1 is 0.591 bits per heavy atom. The van der Waals surface area contributed by atoms with Gasteiger partial charge < -0.3 is 0 Å². The maximum Gasteiger partial charge on any atom is 0.102 e. The topological polar surface area (TPSA) is 12.9 Å². The highest BCUT2D eigenvalue weighted by Crippen LogP contribution is 2.31. The molecule has 0 unspecified atom stereocenters. The van der Waals surface area contributed by atoms with Crippen LogP contribution in [0.1, 0.15) is 11.1 Å². The highest BCUT2D eigenvalue weighted by Gasteiger charge is 2.03. The van der Waals surface area contributed by atoms with Crippen LogP contribution in [-0.2, 0) is 0 Å². The second-order valence-corrected chi connectivity index (χ2v) is 7.33. The smallest absolute Gasteiger partial charge is 0.102 e. The fourth-order valence-electron chi connectivity index (χ4n) is 1.96. The van der Waals surface area contributed by atoms with Crippen molar-refractivity contribution in [2.75, 3.05) is 0 Å². The molecule has 0 saturated carbocycles. The molecule has 3 rings (SSSR count).